The first-order chi connectivity index (χ1) is 36.7. The lowest BCUT2D eigenvalue weighted by Crippen LogP contribution is -2.01. The molecule has 0 radical (unpaired) electrons. The highest BCUT2D eigenvalue weighted by atomic mass is 15.0. The summed E-state index contributed by atoms with van der Waals surface area (Å²) < 4.78 is 4.76. The zero-order valence-electron chi connectivity index (χ0n) is 40.2. The standard InChI is InChI=1S/C69H45N5/c1-5-21-46(22-6-1)67-70-68(47-23-7-2-8-24-47)72-69(71-67)60-34-16-15-31-57(60)56-30-14-13-29-55(56)52-42-50(48-37-39-65-61(44-48)58-32-17-19-35-63(58)73(65)53-25-9-3-10-26-53)41-51(43-52)49-38-40-66-62(45-49)59-33-18-20-36-64(59)74(66)54-27-11-4-12-28-54/h1-45H. The number of rotatable bonds is 9. The van der Waals surface area contributed by atoms with Gasteiger partial charge in [-0.3, -0.25) is 0 Å². The van der Waals surface area contributed by atoms with Gasteiger partial charge in [-0.05, 0) is 123 Å². The number of aromatic nitrogens is 5. The Kier molecular flexibility index (Phi) is 10.4. The van der Waals surface area contributed by atoms with Gasteiger partial charge in [0.25, 0.3) is 0 Å². The van der Waals surface area contributed by atoms with Crippen LogP contribution in [0.25, 0.3) is 134 Å². The first-order valence-corrected chi connectivity index (χ1v) is 25.1. The zero-order valence-corrected chi connectivity index (χ0v) is 40.2. The van der Waals surface area contributed by atoms with E-state index in [9.17, 15) is 0 Å². The van der Waals surface area contributed by atoms with Gasteiger partial charge in [0, 0.05) is 49.6 Å². The molecule has 14 aromatic rings. The van der Waals surface area contributed by atoms with Crippen LogP contribution in [0.5, 0.6) is 0 Å². The Bertz CT molecular complexity index is 4170. The normalized spacial score (nSPS) is 11.5. The fraction of sp³-hybridized carbons (Fsp3) is 0. The fourth-order valence-electron chi connectivity index (χ4n) is 10.9. The van der Waals surface area contributed by atoms with E-state index in [1.165, 1.54) is 43.6 Å². The van der Waals surface area contributed by atoms with Gasteiger partial charge in [-0.2, -0.15) is 0 Å². The SMILES string of the molecule is c1ccc(-c2nc(-c3ccccc3)nc(-c3ccccc3-c3ccccc3-c3cc(-c4ccc5c(c4)c4ccccc4n5-c4ccccc4)cc(-c4ccc5c(c4)c4ccccc4n5-c4ccccc4)c3)n2)cc1. The second-order valence-electron chi connectivity index (χ2n) is 18.8. The lowest BCUT2D eigenvalue weighted by atomic mass is 9.88. The van der Waals surface area contributed by atoms with Gasteiger partial charge < -0.3 is 9.13 Å². The summed E-state index contributed by atoms with van der Waals surface area (Å²) in [5.74, 6) is 1.87. The molecule has 14 rings (SSSR count). The van der Waals surface area contributed by atoms with Gasteiger partial charge in [0.05, 0.1) is 22.1 Å². The Morgan fingerprint density at radius 1 is 0.203 bits per heavy atom. The van der Waals surface area contributed by atoms with E-state index in [0.29, 0.717) is 17.5 Å². The Morgan fingerprint density at radius 2 is 0.554 bits per heavy atom. The summed E-state index contributed by atoms with van der Waals surface area (Å²) in [6.07, 6.45) is 0. The maximum atomic E-state index is 5.20. The predicted octanol–water partition coefficient (Wildman–Crippen LogP) is 17.7. The van der Waals surface area contributed by atoms with E-state index < -0.39 is 0 Å². The van der Waals surface area contributed by atoms with Crippen molar-refractivity contribution >= 4 is 43.6 Å². The molecule has 3 aromatic heterocycles. The minimum Gasteiger partial charge on any atom is -0.309 e. The van der Waals surface area contributed by atoms with Crippen LogP contribution in [-0.4, -0.2) is 24.1 Å². The molecular weight excluding hydrogens is 899 g/mol. The van der Waals surface area contributed by atoms with Gasteiger partial charge in [-0.25, -0.2) is 15.0 Å². The fourth-order valence-corrected chi connectivity index (χ4v) is 10.9. The molecule has 0 saturated carbocycles. The van der Waals surface area contributed by atoms with E-state index in [2.05, 4.69) is 246 Å². The predicted molar refractivity (Wildman–Crippen MR) is 307 cm³/mol. The summed E-state index contributed by atoms with van der Waals surface area (Å²) in [7, 11) is 0. The Balaban J connectivity index is 0.980. The second kappa shape index (κ2) is 18.0. The van der Waals surface area contributed by atoms with Crippen molar-refractivity contribution in [2.24, 2.45) is 0 Å². The molecule has 5 heteroatoms. The molecule has 0 atom stereocenters. The van der Waals surface area contributed by atoms with Crippen molar-refractivity contribution in [2.45, 2.75) is 0 Å². The molecule has 11 aromatic carbocycles. The third-order valence-electron chi connectivity index (χ3n) is 14.4. The van der Waals surface area contributed by atoms with Crippen LogP contribution < -0.4 is 0 Å². The first-order valence-electron chi connectivity index (χ1n) is 25.1. The third kappa shape index (κ3) is 7.46. The van der Waals surface area contributed by atoms with E-state index in [0.717, 1.165) is 72.6 Å². The quantitative estimate of drug-likeness (QED) is 0.145. The summed E-state index contributed by atoms with van der Waals surface area (Å²) >= 11 is 0. The highest BCUT2D eigenvalue weighted by Crippen LogP contribution is 2.43. The average Bonchev–Trinajstić information content (AvgIpc) is 4.00. The van der Waals surface area contributed by atoms with Crippen LogP contribution in [0.2, 0.25) is 0 Å². The molecule has 0 unspecified atom stereocenters. The highest BCUT2D eigenvalue weighted by molar-refractivity contribution is 6.12. The monoisotopic (exact) mass is 943 g/mol. The maximum Gasteiger partial charge on any atom is 0.164 e. The van der Waals surface area contributed by atoms with Crippen LogP contribution in [0.3, 0.4) is 0 Å². The van der Waals surface area contributed by atoms with Crippen molar-refractivity contribution < 1.29 is 0 Å². The first kappa shape index (κ1) is 42.9. The van der Waals surface area contributed by atoms with Crippen molar-refractivity contribution in [1.82, 2.24) is 24.1 Å². The molecule has 0 amide bonds. The van der Waals surface area contributed by atoms with E-state index in [4.69, 9.17) is 15.0 Å². The third-order valence-corrected chi connectivity index (χ3v) is 14.4. The number of benzene rings is 11. The summed E-state index contributed by atoms with van der Waals surface area (Å²) in [5.41, 5.74) is 18.6. The lowest BCUT2D eigenvalue weighted by molar-refractivity contribution is 1.07. The average molecular weight is 944 g/mol. The zero-order chi connectivity index (χ0) is 49.0. The minimum absolute atomic E-state index is 0.614. The summed E-state index contributed by atoms with van der Waals surface area (Å²) in [6.45, 7) is 0. The van der Waals surface area contributed by atoms with Gasteiger partial charge in [-0.1, -0.05) is 194 Å². The molecule has 346 valence electrons. The minimum atomic E-state index is 0.614. The molecule has 74 heavy (non-hydrogen) atoms. The van der Waals surface area contributed by atoms with E-state index in [1.807, 2.05) is 36.4 Å². The Hall–Kier alpha value is -9.97. The Morgan fingerprint density at radius 3 is 1.04 bits per heavy atom. The van der Waals surface area contributed by atoms with Crippen LogP contribution in [0.1, 0.15) is 0 Å². The van der Waals surface area contributed by atoms with Crippen molar-refractivity contribution in [1.29, 1.82) is 0 Å². The maximum absolute atomic E-state index is 5.20. The van der Waals surface area contributed by atoms with Gasteiger partial charge in [0.15, 0.2) is 17.5 Å². The van der Waals surface area contributed by atoms with Gasteiger partial charge >= 0.3 is 0 Å². The van der Waals surface area contributed by atoms with E-state index in [1.54, 1.807) is 0 Å². The van der Waals surface area contributed by atoms with Crippen LogP contribution in [0.15, 0.2) is 273 Å². The molecule has 0 saturated heterocycles. The largest absolute Gasteiger partial charge is 0.309 e. The number of fused-ring (bicyclic) bond motifs is 6. The second-order valence-corrected chi connectivity index (χ2v) is 18.8. The van der Waals surface area contributed by atoms with Crippen molar-refractivity contribution in [3.63, 3.8) is 0 Å². The molecule has 3 heterocycles. The molecule has 0 bridgehead atoms. The van der Waals surface area contributed by atoms with Crippen LogP contribution >= 0.6 is 0 Å². The van der Waals surface area contributed by atoms with E-state index >= 15 is 0 Å². The van der Waals surface area contributed by atoms with Gasteiger partial charge in [0.2, 0.25) is 0 Å². The molecule has 0 aliphatic heterocycles. The van der Waals surface area contributed by atoms with Crippen LogP contribution in [0, 0.1) is 0 Å². The summed E-state index contributed by atoms with van der Waals surface area (Å²) in [4.78, 5) is 15.4. The number of hydrogen-bond acceptors (Lipinski definition) is 3. The molecule has 0 N–H and O–H groups in total. The van der Waals surface area contributed by atoms with E-state index in [-0.39, 0.29) is 0 Å². The van der Waals surface area contributed by atoms with Crippen molar-refractivity contribution in [3.8, 4) is 90.0 Å². The van der Waals surface area contributed by atoms with Crippen LogP contribution in [-0.2, 0) is 0 Å². The molecule has 0 spiro atoms. The molecule has 0 aliphatic carbocycles. The smallest absolute Gasteiger partial charge is 0.164 e. The molecule has 0 fully saturated rings. The molecule has 5 nitrogen and oxygen atoms in total. The Labute approximate surface area is 428 Å². The number of hydrogen-bond donors (Lipinski definition) is 0. The van der Waals surface area contributed by atoms with Gasteiger partial charge in [-0.15, -0.1) is 0 Å². The number of para-hydroxylation sites is 4. The van der Waals surface area contributed by atoms with Crippen LogP contribution in [0.4, 0.5) is 0 Å². The highest BCUT2D eigenvalue weighted by Gasteiger charge is 2.21. The summed E-state index contributed by atoms with van der Waals surface area (Å²) in [5, 5.41) is 4.85. The molecular formula is C69H45N5. The topological polar surface area (TPSA) is 48.5 Å². The summed E-state index contributed by atoms with van der Waals surface area (Å²) in [6, 6.07) is 97.5. The van der Waals surface area contributed by atoms with Gasteiger partial charge in [0.1, 0.15) is 0 Å². The van der Waals surface area contributed by atoms with Crippen molar-refractivity contribution in [2.75, 3.05) is 0 Å². The molecule has 0 aliphatic rings. The lowest BCUT2D eigenvalue weighted by Gasteiger charge is -2.17. The van der Waals surface area contributed by atoms with Crippen molar-refractivity contribution in [3.05, 3.63) is 273 Å². The number of nitrogens with zero attached hydrogens (tertiary/aromatic N) is 5.